The average Bonchev–Trinajstić information content (AvgIpc) is 3.19. The zero-order valence-electron chi connectivity index (χ0n) is 10.9. The molecule has 0 amide bonds. The second-order valence-corrected chi connectivity index (χ2v) is 5.67. The zero-order valence-corrected chi connectivity index (χ0v) is 11.7. The Balaban J connectivity index is 1.53. The van der Waals surface area contributed by atoms with Gasteiger partial charge < -0.3 is 10.4 Å². The lowest BCUT2D eigenvalue weighted by atomic mass is 10.1. The van der Waals surface area contributed by atoms with E-state index in [9.17, 15) is 4.79 Å². The van der Waals surface area contributed by atoms with Crippen LogP contribution in [0, 0.1) is 0 Å². The monoisotopic (exact) mass is 289 g/mol. The molecule has 0 bridgehead atoms. The van der Waals surface area contributed by atoms with Crippen LogP contribution in [0.5, 0.6) is 0 Å². The van der Waals surface area contributed by atoms with E-state index in [0.717, 1.165) is 29.5 Å². The van der Waals surface area contributed by atoms with E-state index in [1.54, 1.807) is 18.2 Å². The quantitative estimate of drug-likeness (QED) is 0.855. The summed E-state index contributed by atoms with van der Waals surface area (Å²) in [4.78, 5) is 15.3. The molecule has 0 saturated heterocycles. The van der Waals surface area contributed by atoms with Crippen LogP contribution >= 0.6 is 11.5 Å². The molecule has 104 valence electrons. The molecular weight excluding hydrogens is 274 g/mol. The number of hydrogen-bond acceptors (Lipinski definition) is 5. The Kier molecular flexibility index (Phi) is 3.64. The summed E-state index contributed by atoms with van der Waals surface area (Å²) in [6.07, 6.45) is 3.18. The molecule has 1 aliphatic rings. The third-order valence-corrected chi connectivity index (χ3v) is 3.93. The lowest BCUT2D eigenvalue weighted by Gasteiger charge is -2.03. The predicted molar refractivity (Wildman–Crippen MR) is 77.5 cm³/mol. The number of aromatic nitrogens is 2. The molecule has 1 saturated carbocycles. The lowest BCUT2D eigenvalue weighted by Crippen LogP contribution is -2.05. The number of carboxylic acid groups (broad SMARTS) is 1. The van der Waals surface area contributed by atoms with Crippen molar-refractivity contribution >= 4 is 22.6 Å². The van der Waals surface area contributed by atoms with E-state index < -0.39 is 5.97 Å². The van der Waals surface area contributed by atoms with Gasteiger partial charge in [-0.25, -0.2) is 9.78 Å². The molecule has 2 N–H and O–H groups in total. The number of benzene rings is 1. The average molecular weight is 289 g/mol. The van der Waals surface area contributed by atoms with Crippen LogP contribution in [0.25, 0.3) is 0 Å². The van der Waals surface area contributed by atoms with Gasteiger partial charge in [0.05, 0.1) is 5.56 Å². The number of carboxylic acids is 1. The third-order valence-electron chi connectivity index (χ3n) is 3.25. The first kappa shape index (κ1) is 13.1. The smallest absolute Gasteiger partial charge is 0.335 e. The van der Waals surface area contributed by atoms with Crippen molar-refractivity contribution in [1.82, 2.24) is 9.36 Å². The van der Waals surface area contributed by atoms with Gasteiger partial charge in [0.15, 0.2) is 0 Å². The van der Waals surface area contributed by atoms with E-state index in [1.165, 1.54) is 24.4 Å². The van der Waals surface area contributed by atoms with Crippen LogP contribution in [0.3, 0.4) is 0 Å². The summed E-state index contributed by atoms with van der Waals surface area (Å²) in [5.74, 6) is 0.650. The van der Waals surface area contributed by atoms with Crippen LogP contribution in [-0.4, -0.2) is 27.0 Å². The number of aromatic carboxylic acids is 1. The summed E-state index contributed by atoms with van der Waals surface area (Å²) in [6.45, 7) is 0.725. The van der Waals surface area contributed by atoms with Gasteiger partial charge in [-0.05, 0) is 37.0 Å². The highest BCUT2D eigenvalue weighted by atomic mass is 32.1. The van der Waals surface area contributed by atoms with Crippen molar-refractivity contribution in [1.29, 1.82) is 0 Å². The first-order valence-corrected chi connectivity index (χ1v) is 7.39. The van der Waals surface area contributed by atoms with Crippen molar-refractivity contribution in [3.8, 4) is 0 Å². The zero-order chi connectivity index (χ0) is 13.9. The molecule has 1 heterocycles. The van der Waals surface area contributed by atoms with Crippen molar-refractivity contribution in [3.05, 3.63) is 41.2 Å². The first-order valence-electron chi connectivity index (χ1n) is 6.62. The van der Waals surface area contributed by atoms with E-state index in [-0.39, 0.29) is 0 Å². The topological polar surface area (TPSA) is 75.1 Å². The van der Waals surface area contributed by atoms with Crippen LogP contribution in [0.1, 0.15) is 40.5 Å². The Morgan fingerprint density at radius 3 is 3.05 bits per heavy atom. The van der Waals surface area contributed by atoms with Gasteiger partial charge in [0.2, 0.25) is 5.13 Å². The first-order chi connectivity index (χ1) is 9.72. The van der Waals surface area contributed by atoms with Crippen LogP contribution in [0.2, 0.25) is 0 Å². The van der Waals surface area contributed by atoms with Gasteiger partial charge in [0.25, 0.3) is 0 Å². The van der Waals surface area contributed by atoms with Crippen molar-refractivity contribution < 1.29 is 9.90 Å². The number of nitrogens with one attached hydrogen (secondary N) is 1. The number of rotatable bonds is 6. The van der Waals surface area contributed by atoms with Gasteiger partial charge >= 0.3 is 5.97 Å². The van der Waals surface area contributed by atoms with Crippen molar-refractivity contribution in [2.24, 2.45) is 0 Å². The lowest BCUT2D eigenvalue weighted by molar-refractivity contribution is 0.0697. The van der Waals surface area contributed by atoms with Crippen molar-refractivity contribution in [3.63, 3.8) is 0 Å². The second-order valence-electron chi connectivity index (χ2n) is 4.91. The van der Waals surface area contributed by atoms with Crippen LogP contribution < -0.4 is 5.32 Å². The normalized spacial score (nSPS) is 14.2. The Morgan fingerprint density at radius 1 is 1.45 bits per heavy atom. The fraction of sp³-hybridized carbons (Fsp3) is 0.357. The standard InChI is InChI=1S/C14H15N3O2S/c18-13(19)11-3-1-2-9(8-11)6-7-15-14-16-12(17-20-14)10-4-5-10/h1-3,8,10H,4-7H2,(H,18,19)(H,15,16,17). The molecular formula is C14H15N3O2S. The number of nitrogens with zero attached hydrogens (tertiary/aromatic N) is 2. The number of hydrogen-bond donors (Lipinski definition) is 2. The summed E-state index contributed by atoms with van der Waals surface area (Å²) in [6, 6.07) is 7.02. The SMILES string of the molecule is O=C(O)c1cccc(CCNc2nc(C3CC3)ns2)c1. The molecule has 1 aliphatic carbocycles. The highest BCUT2D eigenvalue weighted by Gasteiger charge is 2.27. The molecule has 5 nitrogen and oxygen atoms in total. The number of anilines is 1. The molecule has 0 unspecified atom stereocenters. The molecule has 1 aromatic carbocycles. The second kappa shape index (κ2) is 5.58. The summed E-state index contributed by atoms with van der Waals surface area (Å²) in [7, 11) is 0. The summed E-state index contributed by atoms with van der Waals surface area (Å²) in [5, 5.41) is 13.0. The Labute approximate surface area is 120 Å². The van der Waals surface area contributed by atoms with Gasteiger partial charge in [-0.1, -0.05) is 12.1 Å². The van der Waals surface area contributed by atoms with Gasteiger partial charge in [-0.2, -0.15) is 4.37 Å². The molecule has 6 heteroatoms. The van der Waals surface area contributed by atoms with Crippen LogP contribution in [0.15, 0.2) is 24.3 Å². The maximum absolute atomic E-state index is 10.9. The van der Waals surface area contributed by atoms with Crippen LogP contribution in [0.4, 0.5) is 5.13 Å². The largest absolute Gasteiger partial charge is 0.478 e. The van der Waals surface area contributed by atoms with Gasteiger partial charge in [0.1, 0.15) is 5.82 Å². The van der Waals surface area contributed by atoms with E-state index in [1.807, 2.05) is 6.07 Å². The third kappa shape index (κ3) is 3.14. The maximum atomic E-state index is 10.9. The molecule has 0 spiro atoms. The maximum Gasteiger partial charge on any atom is 0.335 e. The van der Waals surface area contributed by atoms with E-state index >= 15 is 0 Å². The molecule has 20 heavy (non-hydrogen) atoms. The van der Waals surface area contributed by atoms with Crippen LogP contribution in [-0.2, 0) is 6.42 Å². The Bertz CT molecular complexity index is 622. The minimum atomic E-state index is -0.891. The Morgan fingerprint density at radius 2 is 2.30 bits per heavy atom. The fourth-order valence-corrected chi connectivity index (χ4v) is 2.66. The molecule has 2 aromatic rings. The number of carbonyl (C=O) groups is 1. The molecule has 3 rings (SSSR count). The molecule has 0 aliphatic heterocycles. The van der Waals surface area contributed by atoms with Gasteiger partial charge in [-0.15, -0.1) is 0 Å². The molecule has 1 fully saturated rings. The summed E-state index contributed by atoms with van der Waals surface area (Å²) in [5.41, 5.74) is 1.33. The predicted octanol–water partition coefficient (Wildman–Crippen LogP) is 2.77. The minimum absolute atomic E-state index is 0.328. The highest BCUT2D eigenvalue weighted by Crippen LogP contribution is 2.39. The summed E-state index contributed by atoms with van der Waals surface area (Å²) >= 11 is 1.39. The van der Waals surface area contributed by atoms with Gasteiger partial charge in [0, 0.05) is 24.0 Å². The minimum Gasteiger partial charge on any atom is -0.478 e. The Hall–Kier alpha value is -1.95. The highest BCUT2D eigenvalue weighted by molar-refractivity contribution is 7.09. The molecule has 0 radical (unpaired) electrons. The molecule has 0 atom stereocenters. The van der Waals surface area contributed by atoms with Gasteiger partial charge in [-0.3, -0.25) is 0 Å². The van der Waals surface area contributed by atoms with Crippen molar-refractivity contribution in [2.75, 3.05) is 11.9 Å². The van der Waals surface area contributed by atoms with E-state index in [4.69, 9.17) is 5.11 Å². The van der Waals surface area contributed by atoms with E-state index in [0.29, 0.717) is 11.5 Å². The van der Waals surface area contributed by atoms with Crippen molar-refractivity contribution in [2.45, 2.75) is 25.2 Å². The molecule has 1 aromatic heterocycles. The summed E-state index contributed by atoms with van der Waals surface area (Å²) < 4.78 is 4.33. The fourth-order valence-electron chi connectivity index (χ4n) is 1.99. The van der Waals surface area contributed by atoms with E-state index in [2.05, 4.69) is 14.7 Å².